The van der Waals surface area contributed by atoms with Crippen molar-refractivity contribution in [1.29, 1.82) is 0 Å². The van der Waals surface area contributed by atoms with Crippen LogP contribution in [0.4, 0.5) is 0 Å². The predicted molar refractivity (Wildman–Crippen MR) is 134 cm³/mol. The fourth-order valence-corrected chi connectivity index (χ4v) is 5.04. The molecule has 38 heavy (non-hydrogen) atoms. The smallest absolute Gasteiger partial charge is 0.388 e. The van der Waals surface area contributed by atoms with Crippen molar-refractivity contribution in [2.75, 3.05) is 20.7 Å². The zero-order valence-corrected chi connectivity index (χ0v) is 22.9. The Morgan fingerprint density at radius 1 is 0.974 bits per heavy atom. The molecule has 3 rings (SSSR count). The van der Waals surface area contributed by atoms with Crippen molar-refractivity contribution in [2.45, 2.75) is 112 Å². The van der Waals surface area contributed by atoms with Crippen molar-refractivity contribution in [1.82, 2.24) is 10.6 Å². The van der Waals surface area contributed by atoms with Gasteiger partial charge in [0.1, 0.15) is 30.0 Å². The lowest BCUT2D eigenvalue weighted by Gasteiger charge is -2.48. The molecule has 0 bridgehead atoms. The molecule has 17 heteroatoms. The first-order valence-corrected chi connectivity index (χ1v) is 13.9. The highest BCUT2D eigenvalue weighted by atomic mass is 32.3. The molecule has 0 aromatic carbocycles. The molecule has 226 valence electrons. The van der Waals surface area contributed by atoms with Crippen molar-refractivity contribution in [3.05, 3.63) is 0 Å². The molecule has 2 heterocycles. The molecule has 0 amide bonds. The van der Waals surface area contributed by atoms with Gasteiger partial charge < -0.3 is 62.1 Å². The van der Waals surface area contributed by atoms with Crippen LogP contribution < -0.4 is 27.8 Å². The number of aliphatic hydroxyl groups is 3. The first kappa shape index (κ1) is 33.6. The molecule has 2 aliphatic heterocycles. The Kier molecular flexibility index (Phi) is 12.2. The molecule has 16 nitrogen and oxygen atoms in total. The predicted octanol–water partition coefficient (Wildman–Crippen LogP) is -3.98. The van der Waals surface area contributed by atoms with E-state index in [2.05, 4.69) is 10.6 Å². The van der Waals surface area contributed by atoms with Crippen LogP contribution in [0.5, 0.6) is 0 Å². The van der Waals surface area contributed by atoms with E-state index >= 15 is 0 Å². The van der Waals surface area contributed by atoms with Crippen LogP contribution in [0.25, 0.3) is 0 Å². The van der Waals surface area contributed by atoms with Crippen molar-refractivity contribution in [2.24, 2.45) is 17.2 Å². The van der Waals surface area contributed by atoms with Gasteiger partial charge in [-0.3, -0.25) is 9.11 Å². The van der Waals surface area contributed by atoms with Crippen molar-refractivity contribution >= 4 is 10.4 Å². The normalized spacial score (nSPS) is 45.1. The number of likely N-dealkylation sites (N-methyl/N-ethyl adjacent to an activating group) is 2. The van der Waals surface area contributed by atoms with E-state index in [1.165, 1.54) is 0 Å². The van der Waals surface area contributed by atoms with Crippen LogP contribution in [0.15, 0.2) is 0 Å². The molecule has 0 spiro atoms. The monoisotopic (exact) mass is 575 g/mol. The summed E-state index contributed by atoms with van der Waals surface area (Å²) in [6, 6.07) is -2.11. The maximum Gasteiger partial charge on any atom is 0.394 e. The molecule has 13 N–H and O–H groups in total. The fraction of sp³-hybridized carbons (Fsp3) is 1.00. The molecule has 1 saturated carbocycles. The highest BCUT2D eigenvalue weighted by molar-refractivity contribution is 7.79. The number of nitrogens with one attached hydrogen (secondary N) is 2. The molecular formula is C21H45N5O11S. The maximum atomic E-state index is 11.1. The first-order chi connectivity index (χ1) is 17.5. The number of ether oxygens (including phenoxy) is 4. The topological polar surface area (TPSA) is 274 Å². The largest absolute Gasteiger partial charge is 0.394 e. The summed E-state index contributed by atoms with van der Waals surface area (Å²) in [6.45, 7) is 3.52. The van der Waals surface area contributed by atoms with Gasteiger partial charge in [0, 0.05) is 18.1 Å². The Hall–Kier alpha value is -0.610. The molecule has 0 aromatic rings. The Morgan fingerprint density at radius 2 is 1.50 bits per heavy atom. The third-order valence-corrected chi connectivity index (χ3v) is 7.24. The average molecular weight is 576 g/mol. The summed E-state index contributed by atoms with van der Waals surface area (Å²) >= 11 is 0. The van der Waals surface area contributed by atoms with Crippen LogP contribution in [0, 0.1) is 0 Å². The first-order valence-electron chi connectivity index (χ1n) is 12.5. The molecule has 3 fully saturated rings. The number of nitrogens with two attached hydrogens (primary N) is 3. The van der Waals surface area contributed by atoms with E-state index in [0.29, 0.717) is 12.8 Å². The summed E-state index contributed by atoms with van der Waals surface area (Å²) in [5.41, 5.74) is 17.5. The minimum atomic E-state index is -4.67. The van der Waals surface area contributed by atoms with Crippen LogP contribution in [0.2, 0.25) is 0 Å². The second-order valence-electron chi connectivity index (χ2n) is 10.4. The van der Waals surface area contributed by atoms with E-state index in [1.807, 2.05) is 14.0 Å². The lowest BCUT2D eigenvalue weighted by molar-refractivity contribution is -0.307. The van der Waals surface area contributed by atoms with Gasteiger partial charge in [-0.05, 0) is 47.2 Å². The summed E-state index contributed by atoms with van der Waals surface area (Å²) in [6.07, 6.45) is -4.22. The fourth-order valence-electron chi connectivity index (χ4n) is 5.04. The molecule has 0 aromatic heterocycles. The zero-order valence-electron chi connectivity index (χ0n) is 22.1. The van der Waals surface area contributed by atoms with E-state index in [9.17, 15) is 15.3 Å². The van der Waals surface area contributed by atoms with Crippen LogP contribution in [-0.2, 0) is 29.3 Å². The molecule has 3 aliphatic rings. The molecule has 1 aliphatic carbocycles. The average Bonchev–Trinajstić information content (AvgIpc) is 2.80. The summed E-state index contributed by atoms with van der Waals surface area (Å²) in [4.78, 5) is 0. The van der Waals surface area contributed by atoms with Crippen LogP contribution in [-0.4, -0.2) is 132 Å². The van der Waals surface area contributed by atoms with E-state index in [-0.39, 0.29) is 24.8 Å². The van der Waals surface area contributed by atoms with Gasteiger partial charge in [0.05, 0.1) is 24.8 Å². The minimum Gasteiger partial charge on any atom is -0.388 e. The molecule has 2 saturated heterocycles. The van der Waals surface area contributed by atoms with Crippen LogP contribution >= 0.6 is 0 Å². The maximum absolute atomic E-state index is 11.1. The Bertz CT molecular complexity index is 832. The van der Waals surface area contributed by atoms with Gasteiger partial charge in [-0.1, -0.05) is 0 Å². The van der Waals surface area contributed by atoms with Gasteiger partial charge >= 0.3 is 10.4 Å². The highest BCUT2D eigenvalue weighted by Crippen LogP contribution is 2.31. The number of rotatable bonds is 7. The summed E-state index contributed by atoms with van der Waals surface area (Å²) in [7, 11) is -1.17. The third kappa shape index (κ3) is 8.95. The van der Waals surface area contributed by atoms with Crippen molar-refractivity contribution < 1.29 is 51.8 Å². The quantitative estimate of drug-likeness (QED) is 0.130. The lowest BCUT2D eigenvalue weighted by Crippen LogP contribution is -2.68. The van der Waals surface area contributed by atoms with Gasteiger partial charge in [0.25, 0.3) is 0 Å². The summed E-state index contributed by atoms with van der Waals surface area (Å²) in [5, 5.41) is 38.3. The van der Waals surface area contributed by atoms with Gasteiger partial charge in [-0.25, -0.2) is 0 Å². The second-order valence-corrected chi connectivity index (χ2v) is 11.3. The van der Waals surface area contributed by atoms with Crippen LogP contribution in [0.1, 0.15) is 33.1 Å². The molecule has 0 radical (unpaired) electrons. The van der Waals surface area contributed by atoms with Gasteiger partial charge in [-0.15, -0.1) is 0 Å². The third-order valence-electron chi connectivity index (χ3n) is 7.24. The van der Waals surface area contributed by atoms with Crippen molar-refractivity contribution in [3.8, 4) is 0 Å². The minimum absolute atomic E-state index is 0.0620. The van der Waals surface area contributed by atoms with Crippen molar-refractivity contribution in [3.63, 3.8) is 0 Å². The molecule has 1 unspecified atom stereocenters. The van der Waals surface area contributed by atoms with E-state index in [1.54, 1.807) is 14.0 Å². The van der Waals surface area contributed by atoms with E-state index in [4.69, 9.17) is 53.7 Å². The van der Waals surface area contributed by atoms with E-state index < -0.39 is 71.1 Å². The highest BCUT2D eigenvalue weighted by Gasteiger charge is 2.50. The van der Waals surface area contributed by atoms with Crippen LogP contribution in [0.3, 0.4) is 0 Å². The Morgan fingerprint density at radius 3 is 2.00 bits per heavy atom. The number of hydrogen-bond acceptors (Lipinski definition) is 14. The van der Waals surface area contributed by atoms with Gasteiger partial charge in [0.15, 0.2) is 12.6 Å². The Labute approximate surface area is 223 Å². The standard InChI is InChI=1S/C21H43N5O7.H2O4S/c1-9(25-3)13-6-5-10(22)19(31-13)32-16-11(23)7-12(24)17(14(16)27)33-20-15(28)18(26-4)21(2,29)8-30-20;1-5(2,3)4/h9-20,25-29H,5-8,22-24H2,1-4H3;(H2,1,2,3,4)/t9?,10-,11+,12-,13+,14+,15-,16-,17+,18-,19-,20-,21+;/m1./s1. The van der Waals surface area contributed by atoms with Gasteiger partial charge in [0.2, 0.25) is 0 Å². The zero-order chi connectivity index (χ0) is 29.0. The lowest BCUT2D eigenvalue weighted by atomic mass is 9.84. The summed E-state index contributed by atoms with van der Waals surface area (Å²) < 4.78 is 55.3. The number of hydrogen-bond donors (Lipinski definition) is 10. The molecular weight excluding hydrogens is 530 g/mol. The Balaban J connectivity index is 0.000000926. The number of aliphatic hydroxyl groups excluding tert-OH is 2. The SMILES string of the molecule is CNC(C)[C@@H]1CC[C@@H](N)[C@@H](O[C@H]2[C@H](O)[C@@H](O[C@H]3OC[C@](C)(O)[C@H](NC)[C@H]3O)[C@H](N)C[C@@H]2N)O1.O=S(=O)(O)O. The molecule has 13 atom stereocenters. The van der Waals surface area contributed by atoms with Gasteiger partial charge in [-0.2, -0.15) is 8.42 Å². The summed E-state index contributed by atoms with van der Waals surface area (Å²) in [5.74, 6) is 0. The second kappa shape index (κ2) is 13.8. The van der Waals surface area contributed by atoms with E-state index in [0.717, 1.165) is 6.42 Å².